The third-order valence-corrected chi connectivity index (χ3v) is 13.3. The molecular weight excluding hydrogens is 1070 g/mol. The molecule has 0 fully saturated rings. The van der Waals surface area contributed by atoms with Crippen molar-refractivity contribution in [1.29, 1.82) is 0 Å². The van der Waals surface area contributed by atoms with Crippen molar-refractivity contribution in [3.63, 3.8) is 0 Å². The summed E-state index contributed by atoms with van der Waals surface area (Å²) < 4.78 is 5.37. The molecule has 10 rings (SSSR count). The molecule has 408 valence electrons. The molecule has 0 saturated heterocycles. The summed E-state index contributed by atoms with van der Waals surface area (Å²) in [7, 11) is 0. The SMILES string of the molecule is Oc1c(O)c(O)c(-c2c(O)c(O)c(O)c(-c3c4c(O)c(O)c(O)c(O)c4c(-c4c(O)c(O)c(-c5c(O)c(O)c6oc7c(O)c8c(O)c(O)c(O)c(O)c8c(O)c7c6c5O)c(O)c4O)c4c(O)c(O)c(O)c(O)c34)c2O)c(O)c1O. The fraction of sp³-hybridized carbons (Fsp3) is 0. The number of hydrogen-bond acceptors (Lipinski definition) is 31. The van der Waals surface area contributed by atoms with E-state index in [4.69, 9.17) is 4.42 Å². The lowest BCUT2D eigenvalue weighted by Crippen LogP contribution is -1.97. The van der Waals surface area contributed by atoms with E-state index in [0.717, 1.165) is 0 Å². The minimum absolute atomic E-state index is 1.01. The fourth-order valence-corrected chi connectivity index (χ4v) is 9.70. The molecule has 0 atom stereocenters. The summed E-state index contributed by atoms with van der Waals surface area (Å²) in [5.41, 5.74) is -14.8. The lowest BCUT2D eigenvalue weighted by atomic mass is 9.81. The third kappa shape index (κ3) is 5.70. The normalized spacial score (nSPS) is 11.8. The summed E-state index contributed by atoms with van der Waals surface area (Å²) in [6.07, 6.45) is 0. The van der Waals surface area contributed by atoms with Crippen molar-refractivity contribution in [1.82, 2.24) is 0 Å². The molecule has 79 heavy (non-hydrogen) atoms. The largest absolute Gasteiger partial charge is 0.506 e. The Kier molecular flexibility index (Phi) is 9.86. The molecule has 0 radical (unpaired) electrons. The molecule has 9 aromatic carbocycles. The molecule has 31 heteroatoms. The van der Waals surface area contributed by atoms with Crippen LogP contribution in [0.2, 0.25) is 0 Å². The highest BCUT2D eigenvalue weighted by Gasteiger charge is 2.42. The molecule has 30 N–H and O–H groups in total. The Morgan fingerprint density at radius 2 is 0.304 bits per heavy atom. The number of aromatic hydroxyl groups is 30. The van der Waals surface area contributed by atoms with Gasteiger partial charge in [-0.05, 0) is 0 Å². The van der Waals surface area contributed by atoms with E-state index in [0.29, 0.717) is 0 Å². The van der Waals surface area contributed by atoms with Crippen molar-refractivity contribution in [2.24, 2.45) is 0 Å². The second kappa shape index (κ2) is 15.6. The van der Waals surface area contributed by atoms with Gasteiger partial charge in [-0.1, -0.05) is 0 Å². The third-order valence-electron chi connectivity index (χ3n) is 13.3. The number of phenols is 30. The Balaban J connectivity index is 1.39. The maximum Gasteiger partial charge on any atom is 0.208 e. The maximum atomic E-state index is 12.0. The second-order valence-electron chi connectivity index (χ2n) is 17.2. The fourth-order valence-electron chi connectivity index (χ4n) is 9.70. The van der Waals surface area contributed by atoms with Crippen LogP contribution in [0.4, 0.5) is 0 Å². The van der Waals surface area contributed by atoms with Crippen LogP contribution in [0.5, 0.6) is 172 Å². The molecule has 0 spiro atoms. The van der Waals surface area contributed by atoms with Crippen LogP contribution in [0.3, 0.4) is 0 Å². The Morgan fingerprint density at radius 3 is 0.658 bits per heavy atom. The van der Waals surface area contributed by atoms with E-state index in [-0.39, 0.29) is 0 Å². The van der Waals surface area contributed by atoms with Gasteiger partial charge in [-0.3, -0.25) is 0 Å². The molecule has 1 aromatic heterocycles. The zero-order valence-electron chi connectivity index (χ0n) is 37.8. The van der Waals surface area contributed by atoms with Gasteiger partial charge in [0.05, 0.1) is 54.9 Å². The van der Waals surface area contributed by atoms with Crippen LogP contribution in [0.1, 0.15) is 0 Å². The summed E-state index contributed by atoms with van der Waals surface area (Å²) >= 11 is 0. The molecule has 10 aromatic rings. The van der Waals surface area contributed by atoms with Crippen molar-refractivity contribution in [3.8, 4) is 217 Å². The predicted molar refractivity (Wildman–Crippen MR) is 258 cm³/mol. The van der Waals surface area contributed by atoms with Gasteiger partial charge in [0.2, 0.25) is 63.2 Å². The first-order valence-electron chi connectivity index (χ1n) is 21.1. The lowest BCUT2D eigenvalue weighted by Gasteiger charge is -2.25. The number of furan rings is 1. The highest BCUT2D eigenvalue weighted by molar-refractivity contribution is 6.31. The van der Waals surface area contributed by atoms with Crippen LogP contribution in [-0.4, -0.2) is 153 Å². The van der Waals surface area contributed by atoms with Gasteiger partial charge in [-0.25, -0.2) is 0 Å². The molecule has 0 aliphatic heterocycles. The summed E-state index contributed by atoms with van der Waals surface area (Å²) in [5, 5.41) is 325. The lowest BCUT2D eigenvalue weighted by molar-refractivity contribution is 0.329. The average Bonchev–Trinajstić information content (AvgIpc) is 3.83. The molecule has 0 bridgehead atoms. The van der Waals surface area contributed by atoms with Crippen molar-refractivity contribution < 1.29 is 158 Å². The monoisotopic (exact) mass is 1100 g/mol. The van der Waals surface area contributed by atoms with E-state index >= 15 is 0 Å². The van der Waals surface area contributed by atoms with Gasteiger partial charge in [-0.2, -0.15) is 0 Å². The van der Waals surface area contributed by atoms with Crippen molar-refractivity contribution in [3.05, 3.63) is 0 Å². The van der Waals surface area contributed by atoms with Gasteiger partial charge in [0.1, 0.15) is 17.2 Å². The highest BCUT2D eigenvalue weighted by atomic mass is 16.4. The summed E-state index contributed by atoms with van der Waals surface area (Å²) in [6.45, 7) is 0. The predicted octanol–water partition coefficient (Wildman–Crippen LogP) is 4.88. The molecular formula is C48H30O31. The molecule has 0 aliphatic rings. The maximum absolute atomic E-state index is 12.0. The van der Waals surface area contributed by atoms with Crippen molar-refractivity contribution >= 4 is 54.3 Å². The molecule has 0 unspecified atom stereocenters. The molecule has 0 amide bonds. The Morgan fingerprint density at radius 1 is 0.114 bits per heavy atom. The van der Waals surface area contributed by atoms with E-state index < -0.39 is 271 Å². The van der Waals surface area contributed by atoms with Crippen molar-refractivity contribution in [2.75, 3.05) is 0 Å². The van der Waals surface area contributed by atoms with E-state index in [9.17, 15) is 153 Å². The first kappa shape index (κ1) is 50.1. The molecule has 31 nitrogen and oxygen atoms in total. The average molecular weight is 1100 g/mol. The summed E-state index contributed by atoms with van der Waals surface area (Å²) in [5.74, 6) is -52.0. The van der Waals surface area contributed by atoms with Crippen LogP contribution in [0, 0.1) is 0 Å². The number of phenolic OH excluding ortho intramolecular Hbond substituents is 30. The Hall–Kier alpha value is -12.4. The van der Waals surface area contributed by atoms with Crippen molar-refractivity contribution in [2.45, 2.75) is 0 Å². The highest BCUT2D eigenvalue weighted by Crippen LogP contribution is 2.71. The summed E-state index contributed by atoms with van der Waals surface area (Å²) in [6, 6.07) is 0. The van der Waals surface area contributed by atoms with Gasteiger partial charge in [0.15, 0.2) is 103 Å². The molecule has 0 aliphatic carbocycles. The zero-order valence-corrected chi connectivity index (χ0v) is 37.8. The first-order valence-corrected chi connectivity index (χ1v) is 21.1. The first-order chi connectivity index (χ1) is 36.8. The Labute approximate surface area is 428 Å². The van der Waals surface area contributed by atoms with Crippen LogP contribution < -0.4 is 0 Å². The number of fused-ring (bicyclic) bond motifs is 6. The van der Waals surface area contributed by atoms with Gasteiger partial charge in [0, 0.05) is 32.7 Å². The summed E-state index contributed by atoms with van der Waals surface area (Å²) in [4.78, 5) is 0. The van der Waals surface area contributed by atoms with Crippen LogP contribution >= 0.6 is 0 Å². The van der Waals surface area contributed by atoms with Gasteiger partial charge in [-0.15, -0.1) is 0 Å². The van der Waals surface area contributed by atoms with E-state index in [1.165, 1.54) is 0 Å². The molecule has 0 saturated carbocycles. The van der Waals surface area contributed by atoms with Gasteiger partial charge in [0.25, 0.3) is 0 Å². The van der Waals surface area contributed by atoms with E-state index in [2.05, 4.69) is 0 Å². The van der Waals surface area contributed by atoms with E-state index in [1.54, 1.807) is 0 Å². The minimum Gasteiger partial charge on any atom is -0.506 e. The van der Waals surface area contributed by atoms with Crippen LogP contribution in [0.25, 0.3) is 98.8 Å². The number of benzene rings is 9. The number of hydrogen-bond donors (Lipinski definition) is 30. The van der Waals surface area contributed by atoms with Gasteiger partial charge >= 0.3 is 0 Å². The quantitative estimate of drug-likeness (QED) is 0.0634. The smallest absolute Gasteiger partial charge is 0.208 e. The van der Waals surface area contributed by atoms with Crippen LogP contribution in [0.15, 0.2) is 4.42 Å². The topological polar surface area (TPSA) is 620 Å². The number of rotatable bonds is 4. The second-order valence-corrected chi connectivity index (χ2v) is 17.2. The standard InChI is InChI=1S/C48H30O31/c49-17-7(28(60)36(68)29(61)9(17)13-31(63)43(75)45(77)44(76)32(13)64)1-3-5(22(54)39(71)37(69)20(3)52)2(6-4(1)21(53)38(70)40(72)23(6)55)8-24(56)26(58)12(27(59)25(8)57)10-18(50)16-15-19(51)11-14(33(65)42(74)41(73)30(11)62)35(67)47(15)79-48(16)46(78)34(10)66/h49-78H. The van der Waals surface area contributed by atoms with E-state index in [1.807, 2.05) is 0 Å². The zero-order chi connectivity index (χ0) is 58.4. The van der Waals surface area contributed by atoms with Gasteiger partial charge < -0.3 is 158 Å². The van der Waals surface area contributed by atoms with Crippen LogP contribution in [-0.2, 0) is 0 Å². The molecule has 1 heterocycles. The minimum atomic E-state index is -1.97. The Bertz CT molecular complexity index is 4450.